The Bertz CT molecular complexity index is 2440. The van der Waals surface area contributed by atoms with E-state index in [1.54, 1.807) is 18.2 Å². The van der Waals surface area contributed by atoms with Gasteiger partial charge in [-0.15, -0.1) is 59.2 Å². The molecule has 7 aromatic rings. The van der Waals surface area contributed by atoms with Crippen LogP contribution in [-0.2, 0) is 20.1 Å². The molecule has 0 amide bonds. The number of fused-ring (bicyclic) bond motifs is 3. The summed E-state index contributed by atoms with van der Waals surface area (Å²) in [5.74, 6) is -0.895. The molecule has 3 heterocycles. The predicted molar refractivity (Wildman–Crippen MR) is 211 cm³/mol. The Morgan fingerprint density at radius 3 is 2.24 bits per heavy atom. The number of halogens is 1. The Balaban J connectivity index is 0.000000208. The van der Waals surface area contributed by atoms with Gasteiger partial charge in [0.2, 0.25) is 0 Å². The van der Waals surface area contributed by atoms with E-state index in [9.17, 15) is 4.39 Å². The number of hydrogen-bond donors (Lipinski definition) is 0. The minimum Gasteiger partial charge on any atom is -0.305 e. The molecule has 0 aliphatic rings. The molecule has 1 radical (unpaired) electrons. The number of aryl methyl sites for hydroxylation is 4. The van der Waals surface area contributed by atoms with E-state index in [2.05, 4.69) is 86.8 Å². The van der Waals surface area contributed by atoms with Gasteiger partial charge in [0.1, 0.15) is 5.82 Å². The number of pyridine rings is 2. The van der Waals surface area contributed by atoms with Gasteiger partial charge in [0, 0.05) is 38.0 Å². The molecule has 3 aromatic heterocycles. The summed E-state index contributed by atoms with van der Waals surface area (Å²) >= 11 is 1.47. The fraction of sp³-hybridized carbons (Fsp3) is 0.227. The second-order valence-corrected chi connectivity index (χ2v) is 19.9. The van der Waals surface area contributed by atoms with E-state index in [-0.39, 0.29) is 31.5 Å². The quantitative estimate of drug-likeness (QED) is 0.127. The van der Waals surface area contributed by atoms with Crippen LogP contribution in [0.1, 0.15) is 53.0 Å². The molecule has 0 atom stereocenters. The first kappa shape index (κ1) is 32.1. The van der Waals surface area contributed by atoms with Crippen LogP contribution < -0.4 is 5.19 Å². The number of benzene rings is 4. The van der Waals surface area contributed by atoms with Crippen molar-refractivity contribution in [3.63, 3.8) is 0 Å². The van der Waals surface area contributed by atoms with Crippen molar-refractivity contribution in [3.8, 4) is 33.6 Å². The summed E-state index contributed by atoms with van der Waals surface area (Å²) in [6, 6.07) is 30.9. The van der Waals surface area contributed by atoms with Gasteiger partial charge in [-0.25, -0.2) is 4.39 Å². The molecule has 0 aliphatic heterocycles. The van der Waals surface area contributed by atoms with E-state index in [0.29, 0.717) is 4.70 Å². The molecule has 0 N–H and O–H groups in total. The van der Waals surface area contributed by atoms with Gasteiger partial charge in [-0.3, -0.25) is 0 Å². The zero-order valence-corrected chi connectivity index (χ0v) is 33.9. The number of hydrogen-bond acceptors (Lipinski definition) is 3. The number of thiophene rings is 1. The van der Waals surface area contributed by atoms with E-state index >= 15 is 0 Å². The molecule has 0 fully saturated rings. The molecule has 6 heteroatoms. The normalized spacial score (nSPS) is 13.1. The van der Waals surface area contributed by atoms with Crippen molar-refractivity contribution in [1.29, 1.82) is 0 Å². The summed E-state index contributed by atoms with van der Waals surface area (Å²) in [5.41, 5.74) is 10.7. The maximum absolute atomic E-state index is 14.4. The summed E-state index contributed by atoms with van der Waals surface area (Å²) < 4.78 is 46.9. The standard InChI is InChI=1S/C26H19FNS.C18H24NSi.Ir/c1-15-12-16(2)24(17(3)13-15)18-10-11-28-23(14-18)21-8-4-6-19-20-7-5-9-22(27)26(20)29-25(19)21;1-13(2)16-11-17(15-9-7-14(3)8-10-15)19-12-18(16)20(4,5)6;/h4-7,9-14H,1-3H3;7-9,11-13H,1-6H3;/q2*-1;/i;3D3,13D;. The Kier molecular flexibility index (Phi) is 9.77. The van der Waals surface area contributed by atoms with Crippen LogP contribution >= 0.6 is 11.3 Å². The van der Waals surface area contributed by atoms with Crippen LogP contribution in [0.4, 0.5) is 4.39 Å². The Labute approximate surface area is 320 Å². The molecule has 0 spiro atoms. The maximum Gasteiger partial charge on any atom is 0.140 e. The summed E-state index contributed by atoms with van der Waals surface area (Å²) in [6.07, 6.45) is 3.74. The molecule has 4 aromatic carbocycles. The van der Waals surface area contributed by atoms with Crippen LogP contribution in [0.15, 0.2) is 91.3 Å². The van der Waals surface area contributed by atoms with Crippen molar-refractivity contribution in [2.75, 3.05) is 0 Å². The average molecular weight is 875 g/mol. The van der Waals surface area contributed by atoms with Crippen LogP contribution in [0.2, 0.25) is 19.6 Å². The Morgan fingerprint density at radius 2 is 1.58 bits per heavy atom. The summed E-state index contributed by atoms with van der Waals surface area (Å²) in [6.45, 7) is 14.8. The molecule has 0 saturated heterocycles. The van der Waals surface area contributed by atoms with Crippen LogP contribution in [0.3, 0.4) is 0 Å². The molecule has 0 unspecified atom stereocenters. The molecule has 0 saturated carbocycles. The van der Waals surface area contributed by atoms with Gasteiger partial charge in [0.15, 0.2) is 0 Å². The topological polar surface area (TPSA) is 25.8 Å². The second kappa shape index (κ2) is 15.2. The molecule has 0 aliphatic carbocycles. The Hall–Kier alpha value is -3.80. The van der Waals surface area contributed by atoms with Gasteiger partial charge in [-0.05, 0) is 87.7 Å². The average Bonchev–Trinajstić information content (AvgIpc) is 3.47. The summed E-state index contributed by atoms with van der Waals surface area (Å²) in [4.78, 5) is 9.20. The molecule has 257 valence electrons. The number of nitrogens with zero attached hydrogens (tertiary/aromatic N) is 2. The number of aromatic nitrogens is 2. The first-order chi connectivity index (χ1) is 24.8. The monoisotopic (exact) mass is 875 g/mol. The molecular formula is C44H43FIrN2SSi-2. The van der Waals surface area contributed by atoms with Crippen LogP contribution in [0.25, 0.3) is 53.8 Å². The molecular weight excluding hydrogens is 828 g/mol. The SMILES string of the molecule is Cc1cc(C)c(-c2ccnc(-c3[c-]ccc4c3sc3c(F)cccc34)c2)c(C)c1.[2H]C([2H])([2H])c1c[c-]c(-c2cc(C([2H])(C)C)c([Si](C)(C)C)cn2)cc1.[Ir]. The van der Waals surface area contributed by atoms with E-state index in [0.717, 1.165) is 49.1 Å². The predicted octanol–water partition coefficient (Wildman–Crippen LogP) is 12.2. The summed E-state index contributed by atoms with van der Waals surface area (Å²) in [5, 5.41) is 3.18. The van der Waals surface area contributed by atoms with Crippen molar-refractivity contribution in [2.45, 2.75) is 67.0 Å². The zero-order valence-electron chi connectivity index (χ0n) is 33.7. The van der Waals surface area contributed by atoms with Crippen molar-refractivity contribution in [3.05, 3.63) is 137 Å². The van der Waals surface area contributed by atoms with E-state index in [4.69, 9.17) is 5.48 Å². The minimum atomic E-state index is -2.13. The van der Waals surface area contributed by atoms with Crippen molar-refractivity contribution in [2.24, 2.45) is 0 Å². The van der Waals surface area contributed by atoms with E-state index in [1.165, 1.54) is 50.9 Å². The molecule has 7 rings (SSSR count). The third-order valence-corrected chi connectivity index (χ3v) is 12.0. The first-order valence-electron chi connectivity index (χ1n) is 18.4. The molecule has 0 bridgehead atoms. The molecule has 2 nitrogen and oxygen atoms in total. The van der Waals surface area contributed by atoms with Crippen LogP contribution in [0, 0.1) is 45.6 Å². The fourth-order valence-corrected chi connectivity index (χ4v) is 9.27. The third kappa shape index (κ3) is 7.74. The van der Waals surface area contributed by atoms with Gasteiger partial charge in [-0.2, -0.15) is 11.3 Å². The van der Waals surface area contributed by atoms with Gasteiger partial charge in [0.05, 0.1) is 12.8 Å². The minimum absolute atomic E-state index is 0. The van der Waals surface area contributed by atoms with Crippen molar-refractivity contribution < 1.29 is 30.0 Å². The van der Waals surface area contributed by atoms with Gasteiger partial charge in [-0.1, -0.05) is 93.3 Å². The van der Waals surface area contributed by atoms with Crippen LogP contribution in [-0.4, -0.2) is 18.0 Å². The maximum atomic E-state index is 14.4. The fourth-order valence-electron chi connectivity index (χ4n) is 6.48. The van der Waals surface area contributed by atoms with E-state index < -0.39 is 20.8 Å². The second-order valence-electron chi connectivity index (χ2n) is 13.9. The third-order valence-electron chi connectivity index (χ3n) is 8.73. The van der Waals surface area contributed by atoms with E-state index in [1.807, 2.05) is 50.5 Å². The smallest absolute Gasteiger partial charge is 0.140 e. The largest absolute Gasteiger partial charge is 0.305 e. The van der Waals surface area contributed by atoms with Gasteiger partial charge < -0.3 is 9.97 Å². The molecule has 50 heavy (non-hydrogen) atoms. The number of rotatable bonds is 5. The summed E-state index contributed by atoms with van der Waals surface area (Å²) in [7, 11) is -1.61. The van der Waals surface area contributed by atoms with Crippen molar-refractivity contribution in [1.82, 2.24) is 9.97 Å². The Morgan fingerprint density at radius 1 is 0.840 bits per heavy atom. The van der Waals surface area contributed by atoms with Crippen molar-refractivity contribution >= 4 is 44.8 Å². The van der Waals surface area contributed by atoms with Crippen LogP contribution in [0.5, 0.6) is 0 Å². The zero-order chi connectivity index (χ0) is 38.5. The first-order valence-corrected chi connectivity index (χ1v) is 20.7. The van der Waals surface area contributed by atoms with Gasteiger partial charge in [0.25, 0.3) is 0 Å². The van der Waals surface area contributed by atoms with Gasteiger partial charge >= 0.3 is 0 Å².